The van der Waals surface area contributed by atoms with E-state index in [1.807, 2.05) is 31.7 Å². The number of nitriles is 1. The van der Waals surface area contributed by atoms with Crippen molar-refractivity contribution in [2.24, 2.45) is 5.92 Å². The highest BCUT2D eigenvalue weighted by molar-refractivity contribution is 5.93. The van der Waals surface area contributed by atoms with Crippen LogP contribution < -0.4 is 5.56 Å². The second-order valence-electron chi connectivity index (χ2n) is 13.4. The molecule has 12 heteroatoms. The van der Waals surface area contributed by atoms with Gasteiger partial charge in [0.25, 0.3) is 11.5 Å². The van der Waals surface area contributed by atoms with E-state index in [0.29, 0.717) is 38.3 Å². The quantitative estimate of drug-likeness (QED) is 0.178. The van der Waals surface area contributed by atoms with Crippen LogP contribution in [0.2, 0.25) is 0 Å². The molecule has 0 bridgehead atoms. The zero-order valence-electron chi connectivity index (χ0n) is 36.2. The second-order valence-corrected chi connectivity index (χ2v) is 13.4. The molecule has 1 aromatic heterocycles. The van der Waals surface area contributed by atoms with Gasteiger partial charge in [-0.15, -0.1) is 6.58 Å². The SMILES string of the molecule is C1CCOCC1.C=CC.CC(=O)N1CCCCC1.CC1CCOCC1.CCCC#N.CCCCn1cc(C(=O)N(C)C)ccc1=O.CCOCCOCCO. The number of rotatable bonds is 11. The molecular weight excluding hydrogens is 700 g/mol. The van der Waals surface area contributed by atoms with Crippen LogP contribution >= 0.6 is 0 Å². The molecule has 1 aromatic rings. The number of ether oxygens (including phenoxy) is 4. The number of allylic oxidation sites excluding steroid dienone is 1. The zero-order chi connectivity index (χ0) is 42.0. The van der Waals surface area contributed by atoms with Crippen LogP contribution in [-0.2, 0) is 30.3 Å². The molecule has 0 saturated carbocycles. The van der Waals surface area contributed by atoms with E-state index >= 15 is 0 Å². The molecule has 0 radical (unpaired) electrons. The molecule has 3 fully saturated rings. The molecule has 3 saturated heterocycles. The number of piperidine rings is 1. The Labute approximate surface area is 335 Å². The Morgan fingerprint density at radius 2 is 1.51 bits per heavy atom. The van der Waals surface area contributed by atoms with Crippen LogP contribution in [-0.4, -0.2) is 118 Å². The summed E-state index contributed by atoms with van der Waals surface area (Å²) in [6, 6.07) is 5.04. The highest BCUT2D eigenvalue weighted by Crippen LogP contribution is 2.12. The van der Waals surface area contributed by atoms with E-state index in [-0.39, 0.29) is 24.0 Å². The smallest absolute Gasteiger partial charge is 0.254 e. The Morgan fingerprint density at radius 1 is 0.945 bits per heavy atom. The lowest BCUT2D eigenvalue weighted by molar-refractivity contribution is -0.129. The highest BCUT2D eigenvalue weighted by Gasteiger charge is 2.11. The molecule has 4 rings (SSSR count). The number of aliphatic hydroxyl groups is 1. The lowest BCUT2D eigenvalue weighted by Gasteiger charge is -2.24. The van der Waals surface area contributed by atoms with Crippen LogP contribution in [0.25, 0.3) is 0 Å². The number of aliphatic hydroxyl groups excluding tert-OH is 1. The van der Waals surface area contributed by atoms with Crippen molar-refractivity contribution < 1.29 is 33.6 Å². The van der Waals surface area contributed by atoms with Gasteiger partial charge in [0.05, 0.1) is 38.1 Å². The summed E-state index contributed by atoms with van der Waals surface area (Å²) in [6.45, 7) is 24.2. The topological polar surface area (TPSA) is 144 Å². The number of nitrogens with zero attached hydrogens (tertiary/aromatic N) is 4. The average molecular weight is 781 g/mol. The van der Waals surface area contributed by atoms with Gasteiger partial charge in [-0.25, -0.2) is 0 Å². The largest absolute Gasteiger partial charge is 0.394 e. The van der Waals surface area contributed by atoms with Gasteiger partial charge in [-0.3, -0.25) is 14.4 Å². The molecular formula is C43H80N4O8. The van der Waals surface area contributed by atoms with Gasteiger partial charge in [-0.2, -0.15) is 5.26 Å². The first-order valence-electron chi connectivity index (χ1n) is 20.5. The third kappa shape index (κ3) is 39.0. The fourth-order valence-electron chi connectivity index (χ4n) is 4.67. The Balaban J connectivity index is -0.000000607. The minimum Gasteiger partial charge on any atom is -0.394 e. The molecule has 0 aromatic carbocycles. The molecule has 0 unspecified atom stereocenters. The Bertz CT molecular complexity index is 1090. The van der Waals surface area contributed by atoms with Gasteiger partial charge in [-0.05, 0) is 90.0 Å². The number of carbonyl (C=O) groups is 2. The van der Waals surface area contributed by atoms with E-state index < -0.39 is 0 Å². The summed E-state index contributed by atoms with van der Waals surface area (Å²) < 4.78 is 21.7. The van der Waals surface area contributed by atoms with Crippen molar-refractivity contribution in [1.29, 1.82) is 5.26 Å². The van der Waals surface area contributed by atoms with Crippen molar-refractivity contribution >= 4 is 11.8 Å². The number of amides is 2. The second kappa shape index (κ2) is 43.6. The van der Waals surface area contributed by atoms with E-state index in [4.69, 9.17) is 29.3 Å². The summed E-state index contributed by atoms with van der Waals surface area (Å²) >= 11 is 0. The molecule has 0 spiro atoms. The van der Waals surface area contributed by atoms with E-state index in [2.05, 4.69) is 20.4 Å². The lowest BCUT2D eigenvalue weighted by Crippen LogP contribution is -2.33. The summed E-state index contributed by atoms with van der Waals surface area (Å²) in [5, 5.41) is 16.1. The number of aryl methyl sites for hydroxylation is 1. The van der Waals surface area contributed by atoms with Crippen LogP contribution in [0.1, 0.15) is 129 Å². The third-order valence-electron chi connectivity index (χ3n) is 7.95. The molecule has 12 nitrogen and oxygen atoms in total. The summed E-state index contributed by atoms with van der Waals surface area (Å²) in [4.78, 5) is 37.3. The predicted molar refractivity (Wildman–Crippen MR) is 224 cm³/mol. The Morgan fingerprint density at radius 3 is 1.87 bits per heavy atom. The van der Waals surface area contributed by atoms with Crippen LogP contribution in [0, 0.1) is 17.2 Å². The average Bonchev–Trinajstić information content (AvgIpc) is 3.20. The van der Waals surface area contributed by atoms with Crippen LogP contribution in [0.5, 0.6) is 0 Å². The first-order valence-corrected chi connectivity index (χ1v) is 20.5. The summed E-state index contributed by atoms with van der Waals surface area (Å²) in [5.41, 5.74) is 0.504. The first-order chi connectivity index (χ1) is 26.5. The fraction of sp³-hybridized carbons (Fsp3) is 0.767. The molecule has 1 N–H and O–H groups in total. The third-order valence-corrected chi connectivity index (χ3v) is 7.95. The van der Waals surface area contributed by atoms with Gasteiger partial charge in [0.1, 0.15) is 0 Å². The van der Waals surface area contributed by atoms with E-state index in [0.717, 1.165) is 71.3 Å². The van der Waals surface area contributed by atoms with Crippen molar-refractivity contribution in [1.82, 2.24) is 14.4 Å². The summed E-state index contributed by atoms with van der Waals surface area (Å²) in [7, 11) is 3.40. The van der Waals surface area contributed by atoms with E-state index in [9.17, 15) is 14.4 Å². The lowest BCUT2D eigenvalue weighted by atomic mass is 10.0. The van der Waals surface area contributed by atoms with Crippen molar-refractivity contribution in [2.45, 2.75) is 125 Å². The number of pyridine rings is 1. The molecule has 2 amide bonds. The van der Waals surface area contributed by atoms with Crippen molar-refractivity contribution in [3.05, 3.63) is 46.9 Å². The summed E-state index contributed by atoms with van der Waals surface area (Å²) in [5.74, 6) is 1.06. The maximum atomic E-state index is 11.7. The number of hydrogen-bond acceptors (Lipinski definition) is 9. The number of unbranched alkanes of at least 4 members (excludes halogenated alkanes) is 2. The van der Waals surface area contributed by atoms with Crippen LogP contribution in [0.3, 0.4) is 0 Å². The molecule has 0 atom stereocenters. The van der Waals surface area contributed by atoms with Crippen molar-refractivity contribution in [3.8, 4) is 6.07 Å². The Hall–Kier alpha value is -3.08. The Kier molecular flexibility index (Phi) is 44.6. The van der Waals surface area contributed by atoms with E-state index in [1.165, 1.54) is 62.3 Å². The number of likely N-dealkylation sites (tertiary alicyclic amines) is 1. The number of carbonyl (C=O) groups excluding carboxylic acids is 2. The maximum absolute atomic E-state index is 11.7. The number of aromatic nitrogens is 1. The van der Waals surface area contributed by atoms with Crippen LogP contribution in [0.4, 0.5) is 0 Å². The normalized spacial score (nSPS) is 14.5. The minimum absolute atomic E-state index is 0.0521. The molecule has 3 aliphatic rings. The molecule has 4 heterocycles. The first kappa shape index (κ1) is 56.3. The maximum Gasteiger partial charge on any atom is 0.254 e. The van der Waals surface area contributed by atoms with Crippen molar-refractivity contribution in [2.75, 3.05) is 86.6 Å². The highest BCUT2D eigenvalue weighted by atomic mass is 16.5. The van der Waals surface area contributed by atoms with Gasteiger partial charge in [0.15, 0.2) is 0 Å². The standard InChI is InChI=1S/C12H18N2O2.C7H13NO.C6H14O3.C6H12O.C5H10O.C4H7N.C3H6/c1-4-5-8-14-9-10(6-7-11(14)15)12(16)13(2)3;1-7(9)8-5-3-2-4-6-8;1-2-8-5-6-9-4-3-7;1-6-2-4-7-5-3-6;1-2-4-6-5-3-1;1-2-3-4-5;1-3-2/h6-7,9H,4-5,8H2,1-3H3;2-6H2,1H3;7H,2-6H2,1H3;6H,2-5H2,1H3;1-5H2;2-3H2,1H3;3H,1H2,2H3. The molecule has 0 aliphatic carbocycles. The van der Waals surface area contributed by atoms with Gasteiger partial charge in [0, 0.05) is 92.4 Å². The van der Waals surface area contributed by atoms with Crippen LogP contribution in [0.15, 0.2) is 35.8 Å². The number of hydrogen-bond donors (Lipinski definition) is 1. The zero-order valence-corrected chi connectivity index (χ0v) is 36.2. The molecule has 3 aliphatic heterocycles. The molecule has 55 heavy (non-hydrogen) atoms. The van der Waals surface area contributed by atoms with Gasteiger partial charge in [-0.1, -0.05) is 33.3 Å². The minimum atomic E-state index is -0.0785. The fourth-order valence-corrected chi connectivity index (χ4v) is 4.67. The van der Waals surface area contributed by atoms with Gasteiger partial charge < -0.3 is 38.4 Å². The monoisotopic (exact) mass is 781 g/mol. The van der Waals surface area contributed by atoms with Crippen molar-refractivity contribution in [3.63, 3.8) is 0 Å². The van der Waals surface area contributed by atoms with Gasteiger partial charge >= 0.3 is 0 Å². The summed E-state index contributed by atoms with van der Waals surface area (Å²) in [6.07, 6.45) is 17.2. The van der Waals surface area contributed by atoms with Gasteiger partial charge in [0.2, 0.25) is 5.91 Å². The predicted octanol–water partition coefficient (Wildman–Crippen LogP) is 7.52. The molecule has 320 valence electrons. The van der Waals surface area contributed by atoms with E-state index in [1.54, 1.807) is 43.9 Å².